The van der Waals surface area contributed by atoms with Crippen molar-refractivity contribution in [3.8, 4) is 0 Å². The summed E-state index contributed by atoms with van der Waals surface area (Å²) < 4.78 is 2.13. The lowest BCUT2D eigenvalue weighted by molar-refractivity contribution is 0.644. The summed E-state index contributed by atoms with van der Waals surface area (Å²) >= 11 is 2.89. The molecule has 0 aliphatic heterocycles. The molecule has 0 saturated carbocycles. The van der Waals surface area contributed by atoms with E-state index in [0.29, 0.717) is 22.8 Å². The Bertz CT molecular complexity index is 862. The third-order valence-electron chi connectivity index (χ3n) is 3.33. The lowest BCUT2D eigenvalue weighted by Crippen LogP contribution is -2.23. The molecular weight excluding hydrogens is 332 g/mol. The first kappa shape index (κ1) is 15.9. The van der Waals surface area contributed by atoms with E-state index in [9.17, 15) is 4.79 Å². The summed E-state index contributed by atoms with van der Waals surface area (Å²) in [7, 11) is 0. The number of rotatable bonds is 6. The number of nitrogens with zero attached hydrogens (tertiary/aromatic N) is 5. The van der Waals surface area contributed by atoms with Crippen LogP contribution in [-0.4, -0.2) is 31.2 Å². The molecule has 120 valence electrons. The van der Waals surface area contributed by atoms with Crippen molar-refractivity contribution in [3.05, 3.63) is 34.6 Å². The van der Waals surface area contributed by atoms with Crippen molar-refractivity contribution < 1.29 is 0 Å². The molecule has 1 aromatic carbocycles. The maximum absolute atomic E-state index is 12.3. The Morgan fingerprint density at radius 1 is 1.30 bits per heavy atom. The number of aromatic nitrogens is 5. The van der Waals surface area contributed by atoms with Crippen molar-refractivity contribution in [1.82, 2.24) is 25.2 Å². The van der Waals surface area contributed by atoms with Crippen LogP contribution in [0.3, 0.4) is 0 Å². The van der Waals surface area contributed by atoms with Gasteiger partial charge in [0.15, 0.2) is 4.34 Å². The molecule has 3 rings (SSSR count). The molecule has 3 aromatic rings. The normalized spacial score (nSPS) is 12.4. The molecule has 2 heterocycles. The minimum atomic E-state index is -0.148. The van der Waals surface area contributed by atoms with Crippen molar-refractivity contribution >= 4 is 39.1 Å². The van der Waals surface area contributed by atoms with Crippen LogP contribution in [0.4, 0.5) is 5.13 Å². The summed E-state index contributed by atoms with van der Waals surface area (Å²) in [6.45, 7) is 4.21. The first-order chi connectivity index (χ1) is 11.2. The number of hydrogen-bond acceptors (Lipinski definition) is 8. The first-order valence-electron chi connectivity index (χ1n) is 7.22. The maximum atomic E-state index is 12.3. The zero-order chi connectivity index (χ0) is 16.2. The van der Waals surface area contributed by atoms with E-state index in [4.69, 9.17) is 0 Å². The second kappa shape index (κ2) is 7.05. The summed E-state index contributed by atoms with van der Waals surface area (Å²) in [5, 5.41) is 20.9. The second-order valence-corrected chi connectivity index (χ2v) is 7.18. The van der Waals surface area contributed by atoms with Gasteiger partial charge in [0.2, 0.25) is 5.13 Å². The zero-order valence-electron chi connectivity index (χ0n) is 12.8. The summed E-state index contributed by atoms with van der Waals surface area (Å²) in [6, 6.07) is 7.55. The van der Waals surface area contributed by atoms with E-state index in [1.807, 2.05) is 12.1 Å². The standard InChI is InChI=1S/C14H16N6OS2/c1-3-9(2)15-13-17-18-14(23-13)22-8-20-12(21)10-6-4-5-7-11(10)16-19-20/h4-7,9H,3,8H2,1-2H3,(H,15,17)/t9-/m0/s1. The molecule has 0 bridgehead atoms. The van der Waals surface area contributed by atoms with Gasteiger partial charge in [-0.2, -0.15) is 4.68 Å². The third kappa shape index (κ3) is 3.67. The minimum absolute atomic E-state index is 0.148. The molecule has 0 spiro atoms. The fourth-order valence-corrected chi connectivity index (χ4v) is 3.58. The SMILES string of the molecule is CC[C@H](C)Nc1nnc(SCn2nnc3ccccc3c2=O)s1. The average Bonchev–Trinajstić information content (AvgIpc) is 3.02. The van der Waals surface area contributed by atoms with Gasteiger partial charge >= 0.3 is 0 Å². The van der Waals surface area contributed by atoms with Crippen molar-refractivity contribution in [3.63, 3.8) is 0 Å². The zero-order valence-corrected chi connectivity index (χ0v) is 14.4. The van der Waals surface area contributed by atoms with Gasteiger partial charge in [-0.1, -0.05) is 47.4 Å². The van der Waals surface area contributed by atoms with E-state index in [-0.39, 0.29) is 5.56 Å². The molecule has 7 nitrogen and oxygen atoms in total. The highest BCUT2D eigenvalue weighted by Gasteiger charge is 2.09. The molecule has 0 saturated heterocycles. The molecule has 0 fully saturated rings. The van der Waals surface area contributed by atoms with Gasteiger partial charge in [0.25, 0.3) is 5.56 Å². The van der Waals surface area contributed by atoms with Gasteiger partial charge in [-0.3, -0.25) is 4.79 Å². The van der Waals surface area contributed by atoms with Gasteiger partial charge in [-0.25, -0.2) is 0 Å². The number of nitrogens with one attached hydrogen (secondary N) is 1. The van der Waals surface area contributed by atoms with Gasteiger partial charge in [-0.05, 0) is 25.5 Å². The van der Waals surface area contributed by atoms with Crippen LogP contribution in [0.2, 0.25) is 0 Å². The van der Waals surface area contributed by atoms with Crippen molar-refractivity contribution in [1.29, 1.82) is 0 Å². The van der Waals surface area contributed by atoms with E-state index in [2.05, 4.69) is 39.7 Å². The van der Waals surface area contributed by atoms with Gasteiger partial charge in [-0.15, -0.1) is 15.3 Å². The van der Waals surface area contributed by atoms with Crippen molar-refractivity contribution in [2.45, 2.75) is 36.5 Å². The topological polar surface area (TPSA) is 85.6 Å². The van der Waals surface area contributed by atoms with Crippen LogP contribution >= 0.6 is 23.1 Å². The summed E-state index contributed by atoms with van der Waals surface area (Å²) in [6.07, 6.45) is 1.02. The Balaban J connectivity index is 1.71. The molecule has 23 heavy (non-hydrogen) atoms. The van der Waals surface area contributed by atoms with Crippen LogP contribution < -0.4 is 10.9 Å². The predicted molar refractivity (Wildman–Crippen MR) is 92.9 cm³/mol. The van der Waals surface area contributed by atoms with Crippen LogP contribution in [-0.2, 0) is 5.88 Å². The Hall–Kier alpha value is -2.00. The molecule has 0 unspecified atom stereocenters. The van der Waals surface area contributed by atoms with Gasteiger partial charge in [0.1, 0.15) is 5.52 Å². The van der Waals surface area contributed by atoms with Gasteiger partial charge in [0, 0.05) is 6.04 Å². The van der Waals surface area contributed by atoms with E-state index >= 15 is 0 Å². The van der Waals surface area contributed by atoms with E-state index in [0.717, 1.165) is 15.9 Å². The average molecular weight is 348 g/mol. The quantitative estimate of drug-likeness (QED) is 0.685. The second-order valence-electron chi connectivity index (χ2n) is 5.01. The van der Waals surface area contributed by atoms with Crippen molar-refractivity contribution in [2.24, 2.45) is 0 Å². The summed E-state index contributed by atoms with van der Waals surface area (Å²) in [4.78, 5) is 12.3. The Labute approximate surface area is 141 Å². The smallest absolute Gasteiger partial charge is 0.278 e. The minimum Gasteiger partial charge on any atom is -0.358 e. The van der Waals surface area contributed by atoms with Crippen LogP contribution in [0, 0.1) is 0 Å². The fraction of sp³-hybridized carbons (Fsp3) is 0.357. The first-order valence-corrected chi connectivity index (χ1v) is 9.03. The number of hydrogen-bond donors (Lipinski definition) is 1. The molecule has 1 atom stereocenters. The van der Waals surface area contributed by atoms with Crippen molar-refractivity contribution in [2.75, 3.05) is 5.32 Å². The molecule has 0 radical (unpaired) electrons. The lowest BCUT2D eigenvalue weighted by Gasteiger charge is -2.07. The third-order valence-corrected chi connectivity index (χ3v) is 5.28. The highest BCUT2D eigenvalue weighted by atomic mass is 32.2. The Kier molecular flexibility index (Phi) is 4.87. The molecule has 0 aliphatic carbocycles. The molecule has 0 amide bonds. The van der Waals surface area contributed by atoms with E-state index in [1.54, 1.807) is 12.1 Å². The number of thioether (sulfide) groups is 1. The molecule has 2 aromatic heterocycles. The van der Waals surface area contributed by atoms with Crippen LogP contribution in [0.5, 0.6) is 0 Å². The number of anilines is 1. The van der Waals surface area contributed by atoms with Gasteiger partial charge in [0.05, 0.1) is 11.3 Å². The van der Waals surface area contributed by atoms with Gasteiger partial charge < -0.3 is 5.32 Å². The lowest BCUT2D eigenvalue weighted by atomic mass is 10.2. The van der Waals surface area contributed by atoms with Crippen LogP contribution in [0.15, 0.2) is 33.4 Å². The molecule has 0 aliphatic rings. The Morgan fingerprint density at radius 3 is 2.96 bits per heavy atom. The number of benzene rings is 1. The summed E-state index contributed by atoms with van der Waals surface area (Å²) in [5.74, 6) is 0.356. The fourth-order valence-electron chi connectivity index (χ4n) is 1.86. The molecule has 1 N–H and O–H groups in total. The highest BCUT2D eigenvalue weighted by molar-refractivity contribution is 8.00. The summed E-state index contributed by atoms with van der Waals surface area (Å²) in [5.41, 5.74) is 0.459. The van der Waals surface area contributed by atoms with Crippen LogP contribution in [0.1, 0.15) is 20.3 Å². The molecular formula is C14H16N6OS2. The van der Waals surface area contributed by atoms with E-state index < -0.39 is 0 Å². The predicted octanol–water partition coefficient (Wildman–Crippen LogP) is 2.60. The molecule has 9 heteroatoms. The number of fused-ring (bicyclic) bond motifs is 1. The monoisotopic (exact) mass is 348 g/mol. The maximum Gasteiger partial charge on any atom is 0.278 e. The van der Waals surface area contributed by atoms with E-state index in [1.165, 1.54) is 27.8 Å². The Morgan fingerprint density at radius 2 is 2.13 bits per heavy atom. The largest absolute Gasteiger partial charge is 0.358 e. The highest BCUT2D eigenvalue weighted by Crippen LogP contribution is 2.26. The van der Waals surface area contributed by atoms with Crippen LogP contribution in [0.25, 0.3) is 10.9 Å².